The summed E-state index contributed by atoms with van der Waals surface area (Å²) < 4.78 is 27.0. The van der Waals surface area contributed by atoms with Crippen molar-refractivity contribution in [2.45, 2.75) is 50.0 Å². The first-order valence-electron chi connectivity index (χ1n) is 8.72. The number of carbonyl (C=O) groups is 1. The zero-order valence-electron chi connectivity index (χ0n) is 14.6. The van der Waals surface area contributed by atoms with Crippen LogP contribution in [0.5, 0.6) is 0 Å². The molecular formula is C17H22N4O3S2. The van der Waals surface area contributed by atoms with Crippen LogP contribution in [0.25, 0.3) is 0 Å². The highest BCUT2D eigenvalue weighted by Crippen LogP contribution is 2.27. The van der Waals surface area contributed by atoms with Gasteiger partial charge in [0, 0.05) is 13.0 Å². The van der Waals surface area contributed by atoms with Gasteiger partial charge in [0.05, 0.1) is 4.90 Å². The number of hydrogen-bond acceptors (Lipinski definition) is 6. The Balaban J connectivity index is 1.71. The molecule has 1 saturated heterocycles. The van der Waals surface area contributed by atoms with Crippen LogP contribution in [0, 0.1) is 0 Å². The van der Waals surface area contributed by atoms with Gasteiger partial charge in [-0.1, -0.05) is 42.9 Å². The highest BCUT2D eigenvalue weighted by atomic mass is 32.2. The van der Waals surface area contributed by atoms with E-state index in [0.717, 1.165) is 24.3 Å². The van der Waals surface area contributed by atoms with Crippen molar-refractivity contribution < 1.29 is 13.2 Å². The Morgan fingerprint density at radius 2 is 2.08 bits per heavy atom. The van der Waals surface area contributed by atoms with Gasteiger partial charge in [0.1, 0.15) is 11.0 Å². The van der Waals surface area contributed by atoms with Crippen LogP contribution < -0.4 is 5.32 Å². The Morgan fingerprint density at radius 1 is 1.31 bits per heavy atom. The van der Waals surface area contributed by atoms with Gasteiger partial charge in [-0.15, -0.1) is 10.2 Å². The number of hydrogen-bond donors (Lipinski definition) is 1. The summed E-state index contributed by atoms with van der Waals surface area (Å²) in [6, 6.07) is 7.50. The third-order valence-corrected chi connectivity index (χ3v) is 7.12. The molecule has 1 aromatic heterocycles. The highest BCUT2D eigenvalue weighted by molar-refractivity contribution is 7.89. The molecule has 1 aliphatic heterocycles. The topological polar surface area (TPSA) is 92.3 Å². The summed E-state index contributed by atoms with van der Waals surface area (Å²) in [6.45, 7) is 2.44. The molecule has 1 amide bonds. The van der Waals surface area contributed by atoms with Crippen molar-refractivity contribution in [3.63, 3.8) is 0 Å². The van der Waals surface area contributed by atoms with Gasteiger partial charge < -0.3 is 0 Å². The van der Waals surface area contributed by atoms with E-state index in [-0.39, 0.29) is 10.8 Å². The minimum absolute atomic E-state index is 0.206. The van der Waals surface area contributed by atoms with E-state index < -0.39 is 16.1 Å². The fourth-order valence-corrected chi connectivity index (χ4v) is 5.40. The van der Waals surface area contributed by atoms with Gasteiger partial charge in [-0.2, -0.15) is 4.31 Å². The molecule has 26 heavy (non-hydrogen) atoms. The van der Waals surface area contributed by atoms with Gasteiger partial charge in [0.25, 0.3) is 0 Å². The van der Waals surface area contributed by atoms with Gasteiger partial charge in [-0.3, -0.25) is 10.1 Å². The molecule has 140 valence electrons. The van der Waals surface area contributed by atoms with Gasteiger partial charge in [0.15, 0.2) is 0 Å². The minimum Gasteiger partial charge on any atom is -0.299 e. The van der Waals surface area contributed by atoms with E-state index in [2.05, 4.69) is 22.4 Å². The first-order chi connectivity index (χ1) is 12.5. The van der Waals surface area contributed by atoms with Crippen LogP contribution in [-0.4, -0.2) is 41.4 Å². The fourth-order valence-electron chi connectivity index (χ4n) is 2.94. The van der Waals surface area contributed by atoms with Crippen LogP contribution in [0.3, 0.4) is 0 Å². The molecule has 1 aromatic carbocycles. The smallest absolute Gasteiger partial charge is 0.244 e. The van der Waals surface area contributed by atoms with E-state index in [4.69, 9.17) is 0 Å². The van der Waals surface area contributed by atoms with Crippen LogP contribution in [0.15, 0.2) is 35.2 Å². The Bertz CT molecular complexity index is 852. The number of sulfonamides is 1. The largest absolute Gasteiger partial charge is 0.299 e. The number of aryl methyl sites for hydroxylation is 1. The van der Waals surface area contributed by atoms with E-state index in [1.54, 1.807) is 30.3 Å². The summed E-state index contributed by atoms with van der Waals surface area (Å²) in [7, 11) is -3.69. The summed E-state index contributed by atoms with van der Waals surface area (Å²) in [5, 5.41) is 12.1. The van der Waals surface area contributed by atoms with Crippen LogP contribution in [0.2, 0.25) is 0 Å². The van der Waals surface area contributed by atoms with Crippen molar-refractivity contribution in [2.24, 2.45) is 0 Å². The SMILES string of the molecule is CCCCc1nnc(NC(=O)C2CCCN2S(=O)(=O)c2ccccc2)s1. The van der Waals surface area contributed by atoms with Crippen LogP contribution in [0.4, 0.5) is 5.13 Å². The Kier molecular flexibility index (Phi) is 6.00. The molecule has 0 spiro atoms. The number of benzene rings is 1. The van der Waals surface area contributed by atoms with Crippen LogP contribution >= 0.6 is 11.3 Å². The Morgan fingerprint density at radius 3 is 2.81 bits per heavy atom. The minimum atomic E-state index is -3.69. The molecule has 1 aliphatic rings. The second kappa shape index (κ2) is 8.24. The van der Waals surface area contributed by atoms with E-state index in [1.807, 2.05) is 0 Å². The fraction of sp³-hybridized carbons (Fsp3) is 0.471. The molecule has 7 nitrogen and oxygen atoms in total. The molecule has 9 heteroatoms. The average molecular weight is 395 g/mol. The van der Waals surface area contributed by atoms with Crippen molar-refractivity contribution in [3.05, 3.63) is 35.3 Å². The molecule has 1 fully saturated rings. The predicted octanol–water partition coefficient (Wildman–Crippen LogP) is 2.67. The Hall–Kier alpha value is -1.84. The van der Waals surface area contributed by atoms with Crippen molar-refractivity contribution >= 4 is 32.4 Å². The van der Waals surface area contributed by atoms with Gasteiger partial charge in [-0.25, -0.2) is 8.42 Å². The normalized spacial score (nSPS) is 18.1. The van der Waals surface area contributed by atoms with Crippen molar-refractivity contribution in [2.75, 3.05) is 11.9 Å². The number of aromatic nitrogens is 2. The molecule has 1 unspecified atom stereocenters. The molecule has 0 bridgehead atoms. The average Bonchev–Trinajstić information content (AvgIpc) is 3.30. The summed E-state index contributed by atoms with van der Waals surface area (Å²) in [5.41, 5.74) is 0. The summed E-state index contributed by atoms with van der Waals surface area (Å²) in [4.78, 5) is 12.9. The van der Waals surface area contributed by atoms with E-state index in [0.29, 0.717) is 24.5 Å². The number of anilines is 1. The second-order valence-corrected chi connectivity index (χ2v) is 9.13. The molecule has 1 atom stereocenters. The monoisotopic (exact) mass is 394 g/mol. The van der Waals surface area contributed by atoms with Crippen molar-refractivity contribution in [1.82, 2.24) is 14.5 Å². The maximum absolute atomic E-state index is 12.8. The number of rotatable bonds is 7. The third kappa shape index (κ3) is 4.11. The second-order valence-electron chi connectivity index (χ2n) is 6.18. The number of carbonyl (C=O) groups excluding carboxylic acids is 1. The maximum Gasteiger partial charge on any atom is 0.244 e. The van der Waals surface area contributed by atoms with Crippen LogP contribution in [-0.2, 0) is 21.2 Å². The number of nitrogens with one attached hydrogen (secondary N) is 1. The molecule has 2 heterocycles. The standard InChI is InChI=1S/C17H22N4O3S2/c1-2-3-11-15-19-20-17(25-15)18-16(22)14-10-7-12-21(14)26(23,24)13-8-5-4-6-9-13/h4-6,8-9,14H,2-3,7,10-12H2,1H3,(H,18,20,22). The lowest BCUT2D eigenvalue weighted by Crippen LogP contribution is -2.43. The van der Waals surface area contributed by atoms with Gasteiger partial charge >= 0.3 is 0 Å². The van der Waals surface area contributed by atoms with Crippen molar-refractivity contribution in [1.29, 1.82) is 0 Å². The lowest BCUT2D eigenvalue weighted by Gasteiger charge is -2.22. The number of unbranched alkanes of at least 4 members (excludes halogenated alkanes) is 1. The molecule has 3 rings (SSSR count). The lowest BCUT2D eigenvalue weighted by atomic mass is 10.2. The van der Waals surface area contributed by atoms with Crippen LogP contribution in [0.1, 0.15) is 37.6 Å². The van der Waals surface area contributed by atoms with E-state index >= 15 is 0 Å². The molecule has 0 aliphatic carbocycles. The van der Waals surface area contributed by atoms with E-state index in [1.165, 1.54) is 15.6 Å². The molecule has 0 saturated carbocycles. The summed E-state index contributed by atoms with van der Waals surface area (Å²) in [5.74, 6) is -0.347. The molecular weight excluding hydrogens is 372 g/mol. The zero-order valence-corrected chi connectivity index (χ0v) is 16.2. The molecule has 2 aromatic rings. The number of nitrogens with zero attached hydrogens (tertiary/aromatic N) is 3. The van der Waals surface area contributed by atoms with Gasteiger partial charge in [0.2, 0.25) is 21.1 Å². The predicted molar refractivity (Wildman–Crippen MR) is 101 cm³/mol. The highest BCUT2D eigenvalue weighted by Gasteiger charge is 2.39. The summed E-state index contributed by atoms with van der Waals surface area (Å²) >= 11 is 1.34. The molecule has 0 radical (unpaired) electrons. The maximum atomic E-state index is 12.8. The van der Waals surface area contributed by atoms with Crippen molar-refractivity contribution in [3.8, 4) is 0 Å². The quantitative estimate of drug-likeness (QED) is 0.779. The number of amides is 1. The zero-order chi connectivity index (χ0) is 18.6. The van der Waals surface area contributed by atoms with Gasteiger partial charge in [-0.05, 0) is 31.4 Å². The Labute approximate surface area is 157 Å². The third-order valence-electron chi connectivity index (χ3n) is 4.30. The summed E-state index contributed by atoms with van der Waals surface area (Å²) in [6.07, 6.45) is 4.08. The first-order valence-corrected chi connectivity index (χ1v) is 11.0. The molecule has 1 N–H and O–H groups in total. The lowest BCUT2D eigenvalue weighted by molar-refractivity contribution is -0.119. The van der Waals surface area contributed by atoms with E-state index in [9.17, 15) is 13.2 Å². The first kappa shape index (κ1) is 18.9.